The van der Waals surface area contributed by atoms with Crippen LogP contribution in [0.25, 0.3) is 21.9 Å². The summed E-state index contributed by atoms with van der Waals surface area (Å²) in [6.45, 7) is 0. The predicted octanol–water partition coefficient (Wildman–Crippen LogP) is 2.52. The van der Waals surface area contributed by atoms with Crippen LogP contribution in [0.4, 0.5) is 0 Å². The molecule has 3 aromatic heterocycles. The van der Waals surface area contributed by atoms with E-state index < -0.39 is 9.84 Å². The van der Waals surface area contributed by atoms with E-state index in [1.165, 1.54) is 0 Å². The van der Waals surface area contributed by atoms with Crippen molar-refractivity contribution < 1.29 is 8.42 Å². The van der Waals surface area contributed by atoms with Crippen molar-refractivity contribution in [1.82, 2.24) is 14.5 Å². The summed E-state index contributed by atoms with van der Waals surface area (Å²) in [7, 11) is -2.95. The van der Waals surface area contributed by atoms with Gasteiger partial charge in [0.15, 0.2) is 21.3 Å². The molecular formula is C14H13N3O2S2. The standard InChI is InChI=1S/C14H13N3O2S2/c18-21(19)8-5-10(9-21)17-13-11(3-1-6-15-13)16-14(17)12-4-2-7-20-12/h1-4,6-7,10H,5,8-9H2. The maximum atomic E-state index is 11.8. The molecule has 0 saturated carbocycles. The van der Waals surface area contributed by atoms with Crippen LogP contribution in [0, 0.1) is 0 Å². The fraction of sp³-hybridized carbons (Fsp3) is 0.286. The van der Waals surface area contributed by atoms with E-state index in [-0.39, 0.29) is 17.5 Å². The summed E-state index contributed by atoms with van der Waals surface area (Å²) in [6, 6.07) is 7.67. The maximum absolute atomic E-state index is 11.8. The average Bonchev–Trinajstić information content (AvgIpc) is 3.15. The van der Waals surface area contributed by atoms with Gasteiger partial charge in [0, 0.05) is 6.20 Å². The number of thiophene rings is 1. The van der Waals surface area contributed by atoms with E-state index in [1.807, 2.05) is 34.2 Å². The molecule has 5 nitrogen and oxygen atoms in total. The highest BCUT2D eigenvalue weighted by atomic mass is 32.2. The van der Waals surface area contributed by atoms with Gasteiger partial charge in [-0.3, -0.25) is 0 Å². The van der Waals surface area contributed by atoms with Crippen LogP contribution in [0.3, 0.4) is 0 Å². The summed E-state index contributed by atoms with van der Waals surface area (Å²) in [5.41, 5.74) is 1.58. The zero-order valence-electron chi connectivity index (χ0n) is 11.1. The van der Waals surface area contributed by atoms with Crippen LogP contribution in [-0.4, -0.2) is 34.5 Å². The van der Waals surface area contributed by atoms with Crippen LogP contribution >= 0.6 is 11.3 Å². The molecule has 108 valence electrons. The van der Waals surface area contributed by atoms with Gasteiger partial charge >= 0.3 is 0 Å². The van der Waals surface area contributed by atoms with Crippen molar-refractivity contribution in [1.29, 1.82) is 0 Å². The normalized spacial score (nSPS) is 21.0. The Bertz CT molecular complexity index is 898. The number of sulfone groups is 1. The summed E-state index contributed by atoms with van der Waals surface area (Å²) in [6.07, 6.45) is 2.35. The lowest BCUT2D eigenvalue weighted by Crippen LogP contribution is -2.12. The van der Waals surface area contributed by atoms with Crippen molar-refractivity contribution >= 4 is 32.3 Å². The molecule has 4 heterocycles. The SMILES string of the molecule is O=S1(=O)CCC(n2c(-c3cccs3)nc3cccnc32)C1. The van der Waals surface area contributed by atoms with E-state index in [1.54, 1.807) is 17.5 Å². The van der Waals surface area contributed by atoms with Gasteiger partial charge in [-0.25, -0.2) is 18.4 Å². The van der Waals surface area contributed by atoms with E-state index in [9.17, 15) is 8.42 Å². The Morgan fingerprint density at radius 1 is 1.29 bits per heavy atom. The molecule has 0 spiro atoms. The summed E-state index contributed by atoms with van der Waals surface area (Å²) < 4.78 is 25.6. The van der Waals surface area contributed by atoms with E-state index in [4.69, 9.17) is 0 Å². The van der Waals surface area contributed by atoms with Crippen LogP contribution in [-0.2, 0) is 9.84 Å². The lowest BCUT2D eigenvalue weighted by atomic mass is 10.2. The van der Waals surface area contributed by atoms with Gasteiger partial charge in [0.1, 0.15) is 5.52 Å². The third-order valence-corrected chi connectivity index (χ3v) is 6.38. The zero-order valence-corrected chi connectivity index (χ0v) is 12.8. The lowest BCUT2D eigenvalue weighted by Gasteiger charge is -2.13. The number of aromatic nitrogens is 3. The zero-order chi connectivity index (χ0) is 14.4. The molecule has 1 fully saturated rings. The third kappa shape index (κ3) is 2.16. The highest BCUT2D eigenvalue weighted by Crippen LogP contribution is 2.34. The van der Waals surface area contributed by atoms with Gasteiger partial charge in [-0.1, -0.05) is 6.07 Å². The molecule has 0 bridgehead atoms. The van der Waals surface area contributed by atoms with Crippen molar-refractivity contribution in [3.05, 3.63) is 35.8 Å². The van der Waals surface area contributed by atoms with E-state index in [0.29, 0.717) is 6.42 Å². The molecular weight excluding hydrogens is 306 g/mol. The topological polar surface area (TPSA) is 64.8 Å². The first-order valence-electron chi connectivity index (χ1n) is 6.71. The lowest BCUT2D eigenvalue weighted by molar-refractivity contribution is 0.571. The number of hydrogen-bond acceptors (Lipinski definition) is 5. The fourth-order valence-electron chi connectivity index (χ4n) is 2.83. The summed E-state index contributed by atoms with van der Waals surface area (Å²) >= 11 is 1.60. The first-order chi connectivity index (χ1) is 10.1. The molecule has 0 N–H and O–H groups in total. The second-order valence-electron chi connectivity index (χ2n) is 5.19. The summed E-state index contributed by atoms with van der Waals surface area (Å²) in [5, 5.41) is 2.00. The molecule has 4 rings (SSSR count). The minimum Gasteiger partial charge on any atom is -0.304 e. The van der Waals surface area contributed by atoms with E-state index in [0.717, 1.165) is 21.9 Å². The molecule has 1 saturated heterocycles. The van der Waals surface area contributed by atoms with Crippen LogP contribution in [0.2, 0.25) is 0 Å². The van der Waals surface area contributed by atoms with Crippen LogP contribution in [0.5, 0.6) is 0 Å². The molecule has 21 heavy (non-hydrogen) atoms. The Hall–Kier alpha value is -1.73. The van der Waals surface area contributed by atoms with Gasteiger partial charge in [0.2, 0.25) is 0 Å². The van der Waals surface area contributed by atoms with E-state index in [2.05, 4.69) is 9.97 Å². The Morgan fingerprint density at radius 3 is 2.90 bits per heavy atom. The minimum absolute atomic E-state index is 0.0769. The molecule has 3 aromatic rings. The first-order valence-corrected chi connectivity index (χ1v) is 9.41. The predicted molar refractivity (Wildman–Crippen MR) is 83.1 cm³/mol. The Morgan fingerprint density at radius 2 is 2.19 bits per heavy atom. The monoisotopic (exact) mass is 319 g/mol. The minimum atomic E-state index is -2.95. The van der Waals surface area contributed by atoms with Crippen LogP contribution in [0.1, 0.15) is 12.5 Å². The van der Waals surface area contributed by atoms with Crippen molar-refractivity contribution in [2.24, 2.45) is 0 Å². The molecule has 0 aliphatic carbocycles. The van der Waals surface area contributed by atoms with Gasteiger partial charge in [0.25, 0.3) is 0 Å². The number of imidazole rings is 1. The molecule has 1 atom stereocenters. The van der Waals surface area contributed by atoms with Gasteiger partial charge in [0.05, 0.1) is 22.4 Å². The van der Waals surface area contributed by atoms with Crippen molar-refractivity contribution in [2.45, 2.75) is 12.5 Å². The molecule has 1 unspecified atom stereocenters. The number of nitrogens with zero attached hydrogens (tertiary/aromatic N) is 3. The van der Waals surface area contributed by atoms with Gasteiger partial charge < -0.3 is 4.57 Å². The quantitative estimate of drug-likeness (QED) is 0.728. The van der Waals surface area contributed by atoms with Crippen molar-refractivity contribution in [3.63, 3.8) is 0 Å². The van der Waals surface area contributed by atoms with Gasteiger partial charge in [-0.05, 0) is 30.0 Å². The average molecular weight is 319 g/mol. The molecule has 0 aromatic carbocycles. The van der Waals surface area contributed by atoms with Gasteiger partial charge in [-0.15, -0.1) is 11.3 Å². The smallest absolute Gasteiger partial charge is 0.160 e. The third-order valence-electron chi connectivity index (χ3n) is 3.76. The Balaban J connectivity index is 1.95. The molecule has 0 radical (unpaired) electrons. The Kier molecular flexibility index (Phi) is 2.87. The Labute approximate surface area is 126 Å². The molecule has 1 aliphatic heterocycles. The molecule has 1 aliphatic rings. The maximum Gasteiger partial charge on any atom is 0.160 e. The van der Waals surface area contributed by atoms with Crippen LogP contribution < -0.4 is 0 Å². The number of pyridine rings is 1. The van der Waals surface area contributed by atoms with Crippen molar-refractivity contribution in [3.8, 4) is 10.7 Å². The largest absolute Gasteiger partial charge is 0.304 e. The number of hydrogen-bond donors (Lipinski definition) is 0. The second kappa shape index (κ2) is 4.64. The van der Waals surface area contributed by atoms with Crippen LogP contribution in [0.15, 0.2) is 35.8 Å². The highest BCUT2D eigenvalue weighted by Gasteiger charge is 2.32. The highest BCUT2D eigenvalue weighted by molar-refractivity contribution is 7.91. The molecule has 0 amide bonds. The fourth-order valence-corrected chi connectivity index (χ4v) is 5.24. The van der Waals surface area contributed by atoms with Crippen molar-refractivity contribution in [2.75, 3.05) is 11.5 Å². The summed E-state index contributed by atoms with van der Waals surface area (Å²) in [4.78, 5) is 10.1. The molecule has 7 heteroatoms. The first kappa shape index (κ1) is 13.0. The summed E-state index contributed by atoms with van der Waals surface area (Å²) in [5.74, 6) is 1.24. The van der Waals surface area contributed by atoms with Gasteiger partial charge in [-0.2, -0.15) is 0 Å². The second-order valence-corrected chi connectivity index (χ2v) is 8.36. The van der Waals surface area contributed by atoms with E-state index >= 15 is 0 Å². The number of rotatable bonds is 2. The number of fused-ring (bicyclic) bond motifs is 1.